The number of hydrogen-bond acceptors (Lipinski definition) is 2. The van der Waals surface area contributed by atoms with Crippen LogP contribution in [0.4, 0.5) is 11.4 Å². The van der Waals surface area contributed by atoms with Crippen molar-refractivity contribution >= 4 is 23.1 Å². The van der Waals surface area contributed by atoms with Crippen LogP contribution in [-0.4, -0.2) is 25.8 Å². The standard InChI is InChI=1S/C14H21N3O/c1-5-6-14(18)16-12-7-9-13(10-8-12)17(4)11(2)15-3/h7-10H,5-6H2,1-4H3,(H,16,18). The summed E-state index contributed by atoms with van der Waals surface area (Å²) in [6.07, 6.45) is 1.42. The molecule has 0 unspecified atom stereocenters. The van der Waals surface area contributed by atoms with Crippen molar-refractivity contribution in [3.63, 3.8) is 0 Å². The van der Waals surface area contributed by atoms with Crippen LogP contribution in [0.2, 0.25) is 0 Å². The zero-order chi connectivity index (χ0) is 13.5. The Balaban J connectivity index is 2.71. The summed E-state index contributed by atoms with van der Waals surface area (Å²) >= 11 is 0. The molecule has 0 aliphatic heterocycles. The lowest BCUT2D eigenvalue weighted by Gasteiger charge is -2.18. The molecule has 0 bridgehead atoms. The molecule has 4 heteroatoms. The van der Waals surface area contributed by atoms with E-state index in [1.165, 1.54) is 0 Å². The van der Waals surface area contributed by atoms with E-state index >= 15 is 0 Å². The highest BCUT2D eigenvalue weighted by Crippen LogP contribution is 2.17. The fraction of sp³-hybridized carbons (Fsp3) is 0.429. The van der Waals surface area contributed by atoms with Crippen molar-refractivity contribution in [1.82, 2.24) is 0 Å². The number of amidine groups is 1. The molecule has 0 radical (unpaired) electrons. The average molecular weight is 247 g/mol. The molecule has 98 valence electrons. The van der Waals surface area contributed by atoms with Crippen LogP contribution < -0.4 is 10.2 Å². The number of amides is 1. The van der Waals surface area contributed by atoms with Gasteiger partial charge in [-0.05, 0) is 37.6 Å². The Bertz CT molecular complexity index is 423. The maximum atomic E-state index is 11.4. The minimum Gasteiger partial charge on any atom is -0.334 e. The molecule has 0 saturated heterocycles. The molecule has 1 rings (SSSR count). The van der Waals surface area contributed by atoms with Gasteiger partial charge in [-0.1, -0.05) is 6.92 Å². The number of nitrogens with zero attached hydrogens (tertiary/aromatic N) is 2. The summed E-state index contributed by atoms with van der Waals surface area (Å²) in [4.78, 5) is 17.6. The van der Waals surface area contributed by atoms with Crippen LogP contribution in [0.3, 0.4) is 0 Å². The molecule has 1 aromatic rings. The zero-order valence-corrected chi connectivity index (χ0v) is 11.5. The van der Waals surface area contributed by atoms with Gasteiger partial charge in [0.25, 0.3) is 0 Å². The topological polar surface area (TPSA) is 44.7 Å². The molecule has 0 aliphatic carbocycles. The Kier molecular flexibility index (Phi) is 5.36. The largest absolute Gasteiger partial charge is 0.334 e. The first-order chi connectivity index (χ1) is 8.58. The van der Waals surface area contributed by atoms with E-state index in [4.69, 9.17) is 0 Å². The van der Waals surface area contributed by atoms with E-state index in [1.54, 1.807) is 7.05 Å². The van der Waals surface area contributed by atoms with Crippen molar-refractivity contribution in [3.8, 4) is 0 Å². The van der Waals surface area contributed by atoms with Crippen molar-refractivity contribution in [2.75, 3.05) is 24.3 Å². The van der Waals surface area contributed by atoms with Crippen LogP contribution in [0.25, 0.3) is 0 Å². The quantitative estimate of drug-likeness (QED) is 0.656. The average Bonchev–Trinajstić information content (AvgIpc) is 2.38. The van der Waals surface area contributed by atoms with E-state index < -0.39 is 0 Å². The van der Waals surface area contributed by atoms with Crippen LogP contribution in [0.1, 0.15) is 26.7 Å². The van der Waals surface area contributed by atoms with E-state index in [0.29, 0.717) is 6.42 Å². The summed E-state index contributed by atoms with van der Waals surface area (Å²) in [6.45, 7) is 3.95. The number of carbonyl (C=O) groups excluding carboxylic acids is 1. The Morgan fingerprint density at radius 2 is 1.94 bits per heavy atom. The summed E-state index contributed by atoms with van der Waals surface area (Å²) < 4.78 is 0. The highest BCUT2D eigenvalue weighted by atomic mass is 16.1. The molecular weight excluding hydrogens is 226 g/mol. The number of rotatable bonds is 4. The number of hydrogen-bond donors (Lipinski definition) is 1. The minimum absolute atomic E-state index is 0.0601. The second-order valence-corrected chi connectivity index (χ2v) is 4.17. The molecule has 18 heavy (non-hydrogen) atoms. The van der Waals surface area contributed by atoms with E-state index in [9.17, 15) is 4.79 Å². The normalized spacial score (nSPS) is 11.2. The summed E-state index contributed by atoms with van der Waals surface area (Å²) in [5, 5.41) is 2.86. The predicted octanol–water partition coefficient (Wildman–Crippen LogP) is 2.91. The molecule has 0 atom stereocenters. The summed E-state index contributed by atoms with van der Waals surface area (Å²) in [6, 6.07) is 7.75. The minimum atomic E-state index is 0.0601. The number of aliphatic imine (C=N–C) groups is 1. The van der Waals surface area contributed by atoms with Gasteiger partial charge < -0.3 is 10.2 Å². The summed E-state index contributed by atoms with van der Waals surface area (Å²) in [7, 11) is 3.73. The van der Waals surface area contributed by atoms with Crippen LogP contribution in [0.5, 0.6) is 0 Å². The second-order valence-electron chi connectivity index (χ2n) is 4.17. The van der Waals surface area contributed by atoms with Gasteiger partial charge >= 0.3 is 0 Å². The van der Waals surface area contributed by atoms with Gasteiger partial charge in [-0.15, -0.1) is 0 Å². The summed E-state index contributed by atoms with van der Waals surface area (Å²) in [5.74, 6) is 1.00. The molecule has 1 N–H and O–H groups in total. The smallest absolute Gasteiger partial charge is 0.224 e. The van der Waals surface area contributed by atoms with Crippen molar-refractivity contribution in [2.24, 2.45) is 4.99 Å². The Hall–Kier alpha value is -1.84. The van der Waals surface area contributed by atoms with Crippen LogP contribution in [0, 0.1) is 0 Å². The van der Waals surface area contributed by atoms with Gasteiger partial charge in [0.05, 0.1) is 5.84 Å². The third-order valence-electron chi connectivity index (χ3n) is 2.82. The second kappa shape index (κ2) is 6.79. The lowest BCUT2D eigenvalue weighted by atomic mass is 10.2. The van der Waals surface area contributed by atoms with Gasteiger partial charge in [0.1, 0.15) is 0 Å². The van der Waals surface area contributed by atoms with Crippen molar-refractivity contribution in [1.29, 1.82) is 0 Å². The SMILES string of the molecule is CCCC(=O)Nc1ccc(N(C)C(C)=NC)cc1. The molecule has 0 heterocycles. The first-order valence-electron chi connectivity index (χ1n) is 6.15. The maximum absolute atomic E-state index is 11.4. The van der Waals surface area contributed by atoms with Crippen LogP contribution >= 0.6 is 0 Å². The lowest BCUT2D eigenvalue weighted by Crippen LogP contribution is -2.23. The van der Waals surface area contributed by atoms with Gasteiger partial charge in [-0.3, -0.25) is 9.79 Å². The Labute approximate surface area is 109 Å². The first kappa shape index (κ1) is 14.2. The molecule has 1 aromatic carbocycles. The van der Waals surface area contributed by atoms with E-state index in [-0.39, 0.29) is 5.91 Å². The van der Waals surface area contributed by atoms with Crippen LogP contribution in [-0.2, 0) is 4.79 Å². The predicted molar refractivity (Wildman–Crippen MR) is 77.4 cm³/mol. The lowest BCUT2D eigenvalue weighted by molar-refractivity contribution is -0.116. The number of anilines is 2. The molecule has 0 aromatic heterocycles. The van der Waals surface area contributed by atoms with Gasteiger partial charge in [-0.25, -0.2) is 0 Å². The first-order valence-corrected chi connectivity index (χ1v) is 6.15. The number of benzene rings is 1. The highest BCUT2D eigenvalue weighted by molar-refractivity contribution is 5.96. The zero-order valence-electron chi connectivity index (χ0n) is 11.5. The van der Waals surface area contributed by atoms with Crippen molar-refractivity contribution in [2.45, 2.75) is 26.7 Å². The molecular formula is C14H21N3O. The van der Waals surface area contributed by atoms with Crippen molar-refractivity contribution < 1.29 is 4.79 Å². The Morgan fingerprint density at radius 3 is 2.44 bits per heavy atom. The molecule has 1 amide bonds. The summed E-state index contributed by atoms with van der Waals surface area (Å²) in [5.41, 5.74) is 1.88. The highest BCUT2D eigenvalue weighted by Gasteiger charge is 2.04. The fourth-order valence-electron chi connectivity index (χ4n) is 1.56. The van der Waals surface area contributed by atoms with E-state index in [0.717, 1.165) is 23.6 Å². The van der Waals surface area contributed by atoms with E-state index in [1.807, 2.05) is 50.1 Å². The van der Waals surface area contributed by atoms with Gasteiger partial charge in [0, 0.05) is 31.9 Å². The third-order valence-corrected chi connectivity index (χ3v) is 2.82. The fourth-order valence-corrected chi connectivity index (χ4v) is 1.56. The Morgan fingerprint density at radius 1 is 1.33 bits per heavy atom. The van der Waals surface area contributed by atoms with Gasteiger partial charge in [-0.2, -0.15) is 0 Å². The van der Waals surface area contributed by atoms with Gasteiger partial charge in [0.2, 0.25) is 5.91 Å². The van der Waals surface area contributed by atoms with Crippen molar-refractivity contribution in [3.05, 3.63) is 24.3 Å². The van der Waals surface area contributed by atoms with Gasteiger partial charge in [0.15, 0.2) is 0 Å². The maximum Gasteiger partial charge on any atom is 0.224 e. The molecule has 4 nitrogen and oxygen atoms in total. The third kappa shape index (κ3) is 3.87. The molecule has 0 saturated carbocycles. The number of nitrogens with one attached hydrogen (secondary N) is 1. The molecule has 0 fully saturated rings. The monoisotopic (exact) mass is 247 g/mol. The van der Waals surface area contributed by atoms with E-state index in [2.05, 4.69) is 10.3 Å². The number of carbonyl (C=O) groups is 1. The molecule has 0 spiro atoms. The van der Waals surface area contributed by atoms with Crippen LogP contribution in [0.15, 0.2) is 29.3 Å². The molecule has 0 aliphatic rings.